The number of carbonyl (C=O) groups excluding carboxylic acids is 1. The van der Waals surface area contributed by atoms with Crippen molar-refractivity contribution in [3.63, 3.8) is 0 Å². The molecule has 6 heteroatoms. The Bertz CT molecular complexity index is 379. The predicted octanol–water partition coefficient (Wildman–Crippen LogP) is 1.30. The molecule has 2 unspecified atom stereocenters. The lowest BCUT2D eigenvalue weighted by atomic mass is 9.84. The Balaban J connectivity index is 2.03. The van der Waals surface area contributed by atoms with E-state index in [1.54, 1.807) is 0 Å². The first-order valence-corrected chi connectivity index (χ1v) is 6.30. The molecule has 0 aliphatic heterocycles. The van der Waals surface area contributed by atoms with Crippen LogP contribution in [0.2, 0.25) is 0 Å². The molecule has 1 aromatic rings. The Kier molecular flexibility index (Phi) is 3.38. The SMILES string of the molecule is Cc1nsc(NC2CCCCC2C(N)=O)n1. The topological polar surface area (TPSA) is 80.9 Å². The normalized spacial score (nSPS) is 25.3. The van der Waals surface area contributed by atoms with Crippen LogP contribution in [0.5, 0.6) is 0 Å². The van der Waals surface area contributed by atoms with E-state index in [4.69, 9.17) is 5.73 Å². The summed E-state index contributed by atoms with van der Waals surface area (Å²) >= 11 is 1.33. The summed E-state index contributed by atoms with van der Waals surface area (Å²) in [7, 11) is 0. The molecule has 88 valence electrons. The Labute approximate surface area is 98.6 Å². The molecule has 1 aliphatic rings. The van der Waals surface area contributed by atoms with Crippen molar-refractivity contribution >= 4 is 22.6 Å². The average molecular weight is 240 g/mol. The zero-order valence-corrected chi connectivity index (χ0v) is 10.1. The van der Waals surface area contributed by atoms with Gasteiger partial charge in [-0.25, -0.2) is 4.98 Å². The van der Waals surface area contributed by atoms with Crippen molar-refractivity contribution < 1.29 is 4.79 Å². The highest BCUT2D eigenvalue weighted by molar-refractivity contribution is 7.09. The van der Waals surface area contributed by atoms with Gasteiger partial charge in [0.2, 0.25) is 11.0 Å². The maximum atomic E-state index is 11.3. The molecule has 0 radical (unpaired) electrons. The first-order chi connectivity index (χ1) is 7.66. The first kappa shape index (κ1) is 11.3. The number of aryl methyl sites for hydroxylation is 1. The highest BCUT2D eigenvalue weighted by Gasteiger charge is 2.29. The summed E-state index contributed by atoms with van der Waals surface area (Å²) in [5.41, 5.74) is 5.40. The maximum absolute atomic E-state index is 11.3. The van der Waals surface area contributed by atoms with Gasteiger partial charge in [-0.05, 0) is 19.8 Å². The summed E-state index contributed by atoms with van der Waals surface area (Å²) in [5, 5.41) is 4.06. The van der Waals surface area contributed by atoms with Crippen molar-refractivity contribution in [2.75, 3.05) is 5.32 Å². The molecule has 1 heterocycles. The van der Waals surface area contributed by atoms with Gasteiger partial charge in [0, 0.05) is 17.6 Å². The van der Waals surface area contributed by atoms with E-state index in [-0.39, 0.29) is 17.9 Å². The van der Waals surface area contributed by atoms with Gasteiger partial charge in [0.15, 0.2) is 0 Å². The second-order valence-corrected chi connectivity index (χ2v) is 4.94. The van der Waals surface area contributed by atoms with Crippen LogP contribution in [0.1, 0.15) is 31.5 Å². The highest BCUT2D eigenvalue weighted by Crippen LogP contribution is 2.27. The second kappa shape index (κ2) is 4.78. The summed E-state index contributed by atoms with van der Waals surface area (Å²) in [6.07, 6.45) is 4.08. The third kappa shape index (κ3) is 2.49. The third-order valence-corrected chi connectivity index (χ3v) is 3.71. The van der Waals surface area contributed by atoms with E-state index in [1.165, 1.54) is 11.5 Å². The van der Waals surface area contributed by atoms with E-state index in [0.717, 1.165) is 36.6 Å². The monoisotopic (exact) mass is 240 g/mol. The molecule has 5 nitrogen and oxygen atoms in total. The minimum absolute atomic E-state index is 0.0713. The predicted molar refractivity (Wildman–Crippen MR) is 63.2 cm³/mol. The Morgan fingerprint density at radius 1 is 1.50 bits per heavy atom. The van der Waals surface area contributed by atoms with Gasteiger partial charge in [0.25, 0.3) is 0 Å². The molecule has 0 bridgehead atoms. The van der Waals surface area contributed by atoms with E-state index >= 15 is 0 Å². The van der Waals surface area contributed by atoms with Crippen LogP contribution in [0.4, 0.5) is 5.13 Å². The number of rotatable bonds is 3. The number of nitrogens with two attached hydrogens (primary N) is 1. The first-order valence-electron chi connectivity index (χ1n) is 5.53. The van der Waals surface area contributed by atoms with Crippen molar-refractivity contribution in [2.24, 2.45) is 11.7 Å². The van der Waals surface area contributed by atoms with Crippen LogP contribution in [-0.2, 0) is 4.79 Å². The Morgan fingerprint density at radius 2 is 2.25 bits per heavy atom. The van der Waals surface area contributed by atoms with E-state index in [2.05, 4.69) is 14.7 Å². The molecule has 16 heavy (non-hydrogen) atoms. The largest absolute Gasteiger partial charge is 0.369 e. The smallest absolute Gasteiger partial charge is 0.222 e. The molecular formula is C10H16N4OS. The summed E-state index contributed by atoms with van der Waals surface area (Å²) in [5.74, 6) is 0.482. The molecule has 1 aliphatic carbocycles. The number of nitrogens with one attached hydrogen (secondary N) is 1. The van der Waals surface area contributed by atoms with Crippen molar-refractivity contribution in [1.82, 2.24) is 9.36 Å². The fourth-order valence-electron chi connectivity index (χ4n) is 2.16. The molecule has 1 saturated carbocycles. The van der Waals surface area contributed by atoms with Crippen molar-refractivity contribution in [3.05, 3.63) is 5.82 Å². The van der Waals surface area contributed by atoms with E-state index in [0.29, 0.717) is 0 Å². The molecule has 0 aromatic carbocycles. The fourth-order valence-corrected chi connectivity index (χ4v) is 2.79. The van der Waals surface area contributed by atoms with Crippen LogP contribution in [0.25, 0.3) is 0 Å². The summed E-state index contributed by atoms with van der Waals surface area (Å²) in [6, 6.07) is 0.124. The Morgan fingerprint density at radius 3 is 2.88 bits per heavy atom. The third-order valence-electron chi connectivity index (χ3n) is 2.97. The van der Waals surface area contributed by atoms with Gasteiger partial charge in [0.05, 0.1) is 5.92 Å². The van der Waals surface area contributed by atoms with E-state index < -0.39 is 0 Å². The van der Waals surface area contributed by atoms with Gasteiger partial charge in [-0.15, -0.1) is 0 Å². The molecule has 1 amide bonds. The van der Waals surface area contributed by atoms with Crippen molar-refractivity contribution in [2.45, 2.75) is 38.6 Å². The number of hydrogen-bond donors (Lipinski definition) is 2. The highest BCUT2D eigenvalue weighted by atomic mass is 32.1. The van der Waals surface area contributed by atoms with Crippen LogP contribution in [-0.4, -0.2) is 21.3 Å². The fraction of sp³-hybridized carbons (Fsp3) is 0.700. The van der Waals surface area contributed by atoms with Crippen LogP contribution in [0, 0.1) is 12.8 Å². The summed E-state index contributed by atoms with van der Waals surface area (Å²) in [4.78, 5) is 15.6. The van der Waals surface area contributed by atoms with Crippen LogP contribution < -0.4 is 11.1 Å². The van der Waals surface area contributed by atoms with Gasteiger partial charge < -0.3 is 11.1 Å². The maximum Gasteiger partial charge on any atom is 0.222 e. The molecule has 2 rings (SSSR count). The summed E-state index contributed by atoms with van der Waals surface area (Å²) < 4.78 is 4.10. The number of carbonyl (C=O) groups is 1. The average Bonchev–Trinajstić information content (AvgIpc) is 2.64. The van der Waals surface area contributed by atoms with Gasteiger partial charge >= 0.3 is 0 Å². The Hall–Kier alpha value is -1.17. The standard InChI is InChI=1S/C10H16N4OS/c1-6-12-10(16-14-6)13-8-5-3-2-4-7(8)9(11)15/h7-8H,2-5H2,1H3,(H2,11,15)(H,12,13,14). The molecule has 0 spiro atoms. The van der Waals surface area contributed by atoms with Gasteiger partial charge in [-0.3, -0.25) is 4.79 Å². The molecule has 1 fully saturated rings. The quantitative estimate of drug-likeness (QED) is 0.834. The minimum atomic E-state index is -0.210. The molecular weight excluding hydrogens is 224 g/mol. The van der Waals surface area contributed by atoms with Gasteiger partial charge in [-0.2, -0.15) is 4.37 Å². The lowest BCUT2D eigenvalue weighted by Gasteiger charge is -2.29. The second-order valence-electron chi connectivity index (χ2n) is 4.19. The molecule has 1 aromatic heterocycles. The zero-order chi connectivity index (χ0) is 11.5. The van der Waals surface area contributed by atoms with Crippen molar-refractivity contribution in [1.29, 1.82) is 0 Å². The number of aromatic nitrogens is 2. The van der Waals surface area contributed by atoms with Gasteiger partial charge in [-0.1, -0.05) is 12.8 Å². The molecule has 0 saturated heterocycles. The number of nitrogens with zero attached hydrogens (tertiary/aromatic N) is 2. The molecule has 3 N–H and O–H groups in total. The number of hydrogen-bond acceptors (Lipinski definition) is 5. The van der Waals surface area contributed by atoms with Gasteiger partial charge in [0.1, 0.15) is 5.82 Å². The number of primary amides is 1. The number of anilines is 1. The number of amides is 1. The minimum Gasteiger partial charge on any atom is -0.369 e. The zero-order valence-electron chi connectivity index (χ0n) is 9.27. The molecule has 2 atom stereocenters. The van der Waals surface area contributed by atoms with Crippen LogP contribution in [0.3, 0.4) is 0 Å². The van der Waals surface area contributed by atoms with Crippen molar-refractivity contribution in [3.8, 4) is 0 Å². The lowest BCUT2D eigenvalue weighted by molar-refractivity contribution is -0.122. The van der Waals surface area contributed by atoms with Crippen LogP contribution >= 0.6 is 11.5 Å². The summed E-state index contributed by atoms with van der Waals surface area (Å²) in [6.45, 7) is 1.86. The van der Waals surface area contributed by atoms with Crippen LogP contribution in [0.15, 0.2) is 0 Å². The van der Waals surface area contributed by atoms with E-state index in [9.17, 15) is 4.79 Å². The lowest BCUT2D eigenvalue weighted by Crippen LogP contribution is -2.40. The van der Waals surface area contributed by atoms with E-state index in [1.807, 2.05) is 6.92 Å².